The molecule has 0 unspecified atom stereocenters. The number of ether oxygens (including phenoxy) is 1. The van der Waals surface area contributed by atoms with Gasteiger partial charge < -0.3 is 10.5 Å². The van der Waals surface area contributed by atoms with Crippen molar-refractivity contribution >= 4 is 22.7 Å². The summed E-state index contributed by atoms with van der Waals surface area (Å²) < 4.78 is 9.48. The van der Waals surface area contributed by atoms with Crippen LogP contribution in [0.5, 0.6) is 0 Å². The van der Waals surface area contributed by atoms with Crippen LogP contribution in [0, 0.1) is 6.92 Å². The van der Waals surface area contributed by atoms with Crippen LogP contribution in [0.25, 0.3) is 11.0 Å². The number of nitrogens with two attached hydrogens (primary N) is 1. The molecule has 6 heteroatoms. The fourth-order valence-corrected chi connectivity index (χ4v) is 1.56. The zero-order chi connectivity index (χ0) is 11.7. The lowest BCUT2D eigenvalue weighted by Gasteiger charge is -2.07. The molecule has 1 heterocycles. The van der Waals surface area contributed by atoms with Gasteiger partial charge in [-0.3, -0.25) is 0 Å². The van der Waals surface area contributed by atoms with Crippen molar-refractivity contribution in [3.05, 3.63) is 17.2 Å². The molecule has 0 saturated carbocycles. The van der Waals surface area contributed by atoms with Crippen LogP contribution < -0.4 is 5.73 Å². The van der Waals surface area contributed by atoms with Gasteiger partial charge in [0.2, 0.25) is 0 Å². The fourth-order valence-electron chi connectivity index (χ4n) is 1.56. The minimum Gasteiger partial charge on any atom is -0.462 e. The smallest absolute Gasteiger partial charge is 0.340 e. The third kappa shape index (κ3) is 1.48. The average molecular weight is 221 g/mol. The number of nitrogen functional groups attached to an aromatic ring is 1. The Kier molecular flexibility index (Phi) is 2.47. The lowest BCUT2D eigenvalue weighted by molar-refractivity contribution is 0.0527. The zero-order valence-corrected chi connectivity index (χ0v) is 8.98. The van der Waals surface area contributed by atoms with E-state index < -0.39 is 5.97 Å². The predicted molar refractivity (Wildman–Crippen MR) is 56.9 cm³/mol. The Bertz CT molecular complexity index is 547. The van der Waals surface area contributed by atoms with E-state index in [1.165, 1.54) is 0 Å². The number of benzene rings is 1. The first-order chi connectivity index (χ1) is 7.65. The van der Waals surface area contributed by atoms with E-state index in [0.717, 1.165) is 0 Å². The largest absolute Gasteiger partial charge is 0.462 e. The minimum atomic E-state index is -0.456. The van der Waals surface area contributed by atoms with Crippen LogP contribution in [0.15, 0.2) is 10.7 Å². The van der Waals surface area contributed by atoms with Gasteiger partial charge in [-0.1, -0.05) is 0 Å². The summed E-state index contributed by atoms with van der Waals surface area (Å²) in [7, 11) is 0. The maximum Gasteiger partial charge on any atom is 0.340 e. The quantitative estimate of drug-likeness (QED) is 0.606. The number of anilines is 1. The topological polar surface area (TPSA) is 91.2 Å². The normalized spacial score (nSPS) is 10.6. The van der Waals surface area contributed by atoms with E-state index in [0.29, 0.717) is 28.8 Å². The van der Waals surface area contributed by atoms with E-state index in [1.54, 1.807) is 19.9 Å². The number of nitrogens with zero attached hydrogens (tertiary/aromatic N) is 2. The third-order valence-electron chi connectivity index (χ3n) is 2.27. The molecule has 0 atom stereocenters. The van der Waals surface area contributed by atoms with Crippen molar-refractivity contribution in [3.8, 4) is 0 Å². The van der Waals surface area contributed by atoms with Gasteiger partial charge in [-0.2, -0.15) is 0 Å². The number of carbonyl (C=O) groups is 1. The standard InChI is InChI=1S/C10H11N3O3/c1-3-15-10(14)7-5(2)4-6-9(8(7)11)13-16-12-6/h4H,3,11H2,1-2H3. The molecule has 0 aliphatic rings. The molecular weight excluding hydrogens is 210 g/mol. The van der Waals surface area contributed by atoms with E-state index in [1.807, 2.05) is 0 Å². The molecule has 0 amide bonds. The lowest BCUT2D eigenvalue weighted by Crippen LogP contribution is -2.10. The highest BCUT2D eigenvalue weighted by molar-refractivity contribution is 6.04. The molecule has 0 radical (unpaired) electrons. The Morgan fingerprint density at radius 1 is 1.56 bits per heavy atom. The molecule has 0 spiro atoms. The summed E-state index contributed by atoms with van der Waals surface area (Å²) in [5.41, 5.74) is 8.01. The summed E-state index contributed by atoms with van der Waals surface area (Å²) in [6.07, 6.45) is 0. The lowest BCUT2D eigenvalue weighted by atomic mass is 10.1. The van der Waals surface area contributed by atoms with E-state index in [9.17, 15) is 4.79 Å². The number of esters is 1. The van der Waals surface area contributed by atoms with Crippen molar-refractivity contribution < 1.29 is 14.2 Å². The number of rotatable bonds is 2. The van der Waals surface area contributed by atoms with Gasteiger partial charge in [0, 0.05) is 0 Å². The van der Waals surface area contributed by atoms with Gasteiger partial charge in [-0.25, -0.2) is 9.42 Å². The first-order valence-corrected chi connectivity index (χ1v) is 4.83. The highest BCUT2D eigenvalue weighted by Crippen LogP contribution is 2.26. The second kappa shape index (κ2) is 3.80. The number of hydrogen-bond acceptors (Lipinski definition) is 6. The van der Waals surface area contributed by atoms with Crippen LogP contribution in [-0.2, 0) is 4.74 Å². The molecule has 1 aromatic carbocycles. The molecule has 84 valence electrons. The van der Waals surface area contributed by atoms with Crippen molar-refractivity contribution in [3.63, 3.8) is 0 Å². The van der Waals surface area contributed by atoms with Gasteiger partial charge in [-0.15, -0.1) is 0 Å². The molecule has 2 rings (SSSR count). The van der Waals surface area contributed by atoms with Crippen LogP contribution >= 0.6 is 0 Å². The molecule has 16 heavy (non-hydrogen) atoms. The number of aromatic nitrogens is 2. The van der Waals surface area contributed by atoms with E-state index in [-0.39, 0.29) is 5.69 Å². The van der Waals surface area contributed by atoms with Crippen LogP contribution in [0.4, 0.5) is 5.69 Å². The predicted octanol–water partition coefficient (Wildman–Crippen LogP) is 1.29. The van der Waals surface area contributed by atoms with Gasteiger partial charge in [0.25, 0.3) is 0 Å². The van der Waals surface area contributed by atoms with Crippen molar-refractivity contribution in [2.75, 3.05) is 12.3 Å². The Hall–Kier alpha value is -2.11. The zero-order valence-electron chi connectivity index (χ0n) is 8.98. The summed E-state index contributed by atoms with van der Waals surface area (Å²) in [4.78, 5) is 11.7. The number of hydrogen-bond donors (Lipinski definition) is 1. The number of fused-ring (bicyclic) bond motifs is 1. The maximum absolute atomic E-state index is 11.7. The molecule has 6 nitrogen and oxygen atoms in total. The van der Waals surface area contributed by atoms with Crippen molar-refractivity contribution in [1.29, 1.82) is 0 Å². The monoisotopic (exact) mass is 221 g/mol. The SMILES string of the molecule is CCOC(=O)c1c(C)cc2nonc2c1N. The summed E-state index contributed by atoms with van der Waals surface area (Å²) in [5.74, 6) is -0.456. The molecule has 2 N–H and O–H groups in total. The van der Waals surface area contributed by atoms with Crippen molar-refractivity contribution in [1.82, 2.24) is 10.3 Å². The molecule has 0 saturated heterocycles. The van der Waals surface area contributed by atoms with Gasteiger partial charge in [0.05, 0.1) is 17.9 Å². The molecule has 2 aromatic rings. The van der Waals surface area contributed by atoms with Crippen molar-refractivity contribution in [2.45, 2.75) is 13.8 Å². The van der Waals surface area contributed by atoms with E-state index in [2.05, 4.69) is 14.9 Å². The third-order valence-corrected chi connectivity index (χ3v) is 2.27. The van der Waals surface area contributed by atoms with Crippen LogP contribution in [-0.4, -0.2) is 22.9 Å². The van der Waals surface area contributed by atoms with Crippen molar-refractivity contribution in [2.24, 2.45) is 0 Å². The van der Waals surface area contributed by atoms with Crippen LogP contribution in [0.2, 0.25) is 0 Å². The molecular formula is C10H11N3O3. The summed E-state index contributed by atoms with van der Waals surface area (Å²) in [5, 5.41) is 7.31. The Balaban J connectivity index is 2.63. The molecule has 0 bridgehead atoms. The van der Waals surface area contributed by atoms with Crippen LogP contribution in [0.1, 0.15) is 22.8 Å². The van der Waals surface area contributed by atoms with Gasteiger partial charge >= 0.3 is 5.97 Å². The summed E-state index contributed by atoms with van der Waals surface area (Å²) >= 11 is 0. The summed E-state index contributed by atoms with van der Waals surface area (Å²) in [6.45, 7) is 3.79. The molecule has 0 fully saturated rings. The second-order valence-electron chi connectivity index (χ2n) is 3.33. The number of carbonyl (C=O) groups excluding carboxylic acids is 1. The fraction of sp³-hybridized carbons (Fsp3) is 0.300. The first kappa shape index (κ1) is 10.4. The minimum absolute atomic E-state index is 0.245. The van der Waals surface area contributed by atoms with Crippen LogP contribution in [0.3, 0.4) is 0 Å². The highest BCUT2D eigenvalue weighted by atomic mass is 16.6. The average Bonchev–Trinajstić information content (AvgIpc) is 2.66. The Morgan fingerprint density at radius 3 is 3.00 bits per heavy atom. The molecule has 0 aliphatic carbocycles. The van der Waals surface area contributed by atoms with E-state index >= 15 is 0 Å². The Labute approximate surface area is 91.3 Å². The molecule has 1 aromatic heterocycles. The molecule has 0 aliphatic heterocycles. The number of aryl methyl sites for hydroxylation is 1. The van der Waals surface area contributed by atoms with Gasteiger partial charge in [-0.05, 0) is 35.8 Å². The Morgan fingerprint density at radius 2 is 2.31 bits per heavy atom. The van der Waals surface area contributed by atoms with Gasteiger partial charge in [0.1, 0.15) is 5.52 Å². The van der Waals surface area contributed by atoms with Gasteiger partial charge in [0.15, 0.2) is 5.52 Å². The highest BCUT2D eigenvalue weighted by Gasteiger charge is 2.19. The first-order valence-electron chi connectivity index (χ1n) is 4.83. The van der Waals surface area contributed by atoms with E-state index in [4.69, 9.17) is 10.5 Å². The maximum atomic E-state index is 11.7. The second-order valence-corrected chi connectivity index (χ2v) is 3.33. The summed E-state index contributed by atoms with van der Waals surface area (Å²) in [6, 6.07) is 1.69.